The molecule has 0 N–H and O–H groups in total. The largest absolute Gasteiger partial charge is 0.415 e. The smallest absolute Gasteiger partial charge is 0.410 e. The zero-order chi connectivity index (χ0) is 22.2. The average molecular weight is 455 g/mol. The molecule has 0 spiro atoms. The molecule has 0 radical (unpaired) electrons. The van der Waals surface area contributed by atoms with Crippen LogP contribution in [0.5, 0.6) is 5.75 Å². The predicted octanol–water partition coefficient (Wildman–Crippen LogP) is 3.93. The number of hydrogen-bond acceptors (Lipinski definition) is 7. The highest BCUT2D eigenvalue weighted by molar-refractivity contribution is 7.18. The molecule has 1 unspecified atom stereocenters. The number of fused-ring (bicyclic) bond motifs is 1. The first-order chi connectivity index (χ1) is 15.5. The van der Waals surface area contributed by atoms with Crippen LogP contribution in [-0.2, 0) is 11.8 Å². The number of ether oxygens (including phenoxy) is 2. The molecule has 2 aromatic heterocycles. The van der Waals surface area contributed by atoms with Gasteiger partial charge >= 0.3 is 6.09 Å². The molecule has 32 heavy (non-hydrogen) atoms. The number of nitrogens with zero attached hydrogens (tertiary/aromatic N) is 4. The van der Waals surface area contributed by atoms with E-state index in [2.05, 4.69) is 4.98 Å². The zero-order valence-electron chi connectivity index (χ0n) is 18.2. The van der Waals surface area contributed by atoms with E-state index in [0.717, 1.165) is 42.1 Å². The molecule has 0 aliphatic carbocycles. The first-order valence-corrected chi connectivity index (χ1v) is 11.8. The summed E-state index contributed by atoms with van der Waals surface area (Å²) in [6.07, 6.45) is 2.98. The van der Waals surface area contributed by atoms with Crippen LogP contribution in [0.2, 0.25) is 0 Å². The zero-order valence-corrected chi connectivity index (χ0v) is 19.1. The Morgan fingerprint density at radius 1 is 1.22 bits per heavy atom. The number of rotatable bonds is 3. The highest BCUT2D eigenvalue weighted by Crippen LogP contribution is 2.36. The molecule has 2 saturated heterocycles. The lowest BCUT2D eigenvalue weighted by Crippen LogP contribution is -2.33. The van der Waals surface area contributed by atoms with Crippen molar-refractivity contribution < 1.29 is 14.3 Å². The molecule has 8 nitrogen and oxygen atoms in total. The molecule has 2 aliphatic heterocycles. The monoisotopic (exact) mass is 454 g/mol. The van der Waals surface area contributed by atoms with Gasteiger partial charge in [-0.1, -0.05) is 23.5 Å². The lowest BCUT2D eigenvalue weighted by molar-refractivity contribution is 0.0828. The predicted molar refractivity (Wildman–Crippen MR) is 121 cm³/mol. The van der Waals surface area contributed by atoms with E-state index in [1.165, 1.54) is 11.3 Å². The van der Waals surface area contributed by atoms with Crippen LogP contribution in [0.3, 0.4) is 0 Å². The molecule has 1 aromatic carbocycles. The van der Waals surface area contributed by atoms with Gasteiger partial charge in [-0.2, -0.15) is 0 Å². The van der Waals surface area contributed by atoms with Crippen molar-refractivity contribution in [1.29, 1.82) is 0 Å². The number of aryl methyl sites for hydroxylation is 1. The minimum absolute atomic E-state index is 0.133. The summed E-state index contributed by atoms with van der Waals surface area (Å²) in [7, 11) is 1.76. The molecule has 2 aliphatic rings. The maximum Gasteiger partial charge on any atom is 0.415 e. The van der Waals surface area contributed by atoms with Crippen LogP contribution >= 0.6 is 11.3 Å². The third-order valence-electron chi connectivity index (χ3n) is 6.25. The quantitative estimate of drug-likeness (QED) is 0.596. The third kappa shape index (κ3) is 3.91. The van der Waals surface area contributed by atoms with E-state index in [1.54, 1.807) is 22.6 Å². The van der Waals surface area contributed by atoms with Crippen LogP contribution in [0.25, 0.3) is 10.3 Å². The Balaban J connectivity index is 1.43. The summed E-state index contributed by atoms with van der Waals surface area (Å²) < 4.78 is 12.7. The molecule has 1 atom stereocenters. The maximum absolute atomic E-state index is 13.0. The van der Waals surface area contributed by atoms with Gasteiger partial charge in [0.05, 0.1) is 6.04 Å². The van der Waals surface area contributed by atoms with E-state index < -0.39 is 0 Å². The Morgan fingerprint density at radius 3 is 2.81 bits per heavy atom. The topological polar surface area (TPSA) is 86.6 Å². The second-order valence-electron chi connectivity index (χ2n) is 8.46. The minimum Gasteiger partial charge on any atom is -0.410 e. The normalized spacial score (nSPS) is 19.6. The molecule has 3 aromatic rings. The Morgan fingerprint density at radius 2 is 2.03 bits per heavy atom. The molecular weight excluding hydrogens is 428 g/mol. The van der Waals surface area contributed by atoms with Crippen LogP contribution in [0, 0.1) is 6.92 Å². The minimum atomic E-state index is -0.388. The van der Waals surface area contributed by atoms with Crippen LogP contribution in [0.4, 0.5) is 4.79 Å². The molecule has 168 valence electrons. The standard InChI is InChI=1S/C23H26N4O4S/c1-14-5-3-6-16(13-14)31-23(29)27-10-4-7-17(27)20-24-18-21(32-20)25-19(26(2)22(18)28)15-8-11-30-12-9-15/h3,5-6,13,15,17H,4,7-12H2,1-2H3. The molecule has 0 bridgehead atoms. The fourth-order valence-corrected chi connectivity index (χ4v) is 5.61. The van der Waals surface area contributed by atoms with E-state index in [0.29, 0.717) is 35.9 Å². The Labute approximate surface area is 189 Å². The molecule has 5 rings (SSSR count). The lowest BCUT2D eigenvalue weighted by atomic mass is 9.99. The summed E-state index contributed by atoms with van der Waals surface area (Å²) in [5.74, 6) is 1.54. The highest BCUT2D eigenvalue weighted by Gasteiger charge is 2.34. The van der Waals surface area contributed by atoms with Gasteiger partial charge in [0.1, 0.15) is 16.6 Å². The van der Waals surface area contributed by atoms with Gasteiger partial charge in [0.25, 0.3) is 5.56 Å². The molecule has 0 saturated carbocycles. The van der Waals surface area contributed by atoms with Crippen molar-refractivity contribution in [2.45, 2.75) is 44.6 Å². The summed E-state index contributed by atoms with van der Waals surface area (Å²) >= 11 is 1.41. The summed E-state index contributed by atoms with van der Waals surface area (Å²) in [5.41, 5.74) is 1.27. The summed E-state index contributed by atoms with van der Waals surface area (Å²) in [6.45, 7) is 3.93. The Hall–Kier alpha value is -2.78. The van der Waals surface area contributed by atoms with Crippen molar-refractivity contribution >= 4 is 27.8 Å². The highest BCUT2D eigenvalue weighted by atomic mass is 32.1. The van der Waals surface area contributed by atoms with E-state index in [1.807, 2.05) is 25.1 Å². The molecule has 2 fully saturated rings. The summed E-state index contributed by atoms with van der Waals surface area (Å²) in [6, 6.07) is 7.23. The van der Waals surface area contributed by atoms with Gasteiger partial charge in [-0.15, -0.1) is 0 Å². The van der Waals surface area contributed by atoms with E-state index in [4.69, 9.17) is 14.5 Å². The average Bonchev–Trinajstić information content (AvgIpc) is 3.44. The van der Waals surface area contributed by atoms with Crippen molar-refractivity contribution in [1.82, 2.24) is 19.4 Å². The van der Waals surface area contributed by atoms with Gasteiger partial charge in [-0.3, -0.25) is 14.3 Å². The number of thiazole rings is 1. The van der Waals surface area contributed by atoms with Crippen LogP contribution in [0.1, 0.15) is 54.0 Å². The molecule has 9 heteroatoms. The summed E-state index contributed by atoms with van der Waals surface area (Å²) in [5, 5.41) is 0.743. The number of benzene rings is 1. The van der Waals surface area contributed by atoms with Gasteiger partial charge in [0.15, 0.2) is 10.3 Å². The lowest BCUT2D eigenvalue weighted by Gasteiger charge is -2.22. The van der Waals surface area contributed by atoms with Crippen LogP contribution in [-0.4, -0.2) is 45.3 Å². The van der Waals surface area contributed by atoms with Gasteiger partial charge in [-0.05, 0) is 50.3 Å². The first-order valence-electron chi connectivity index (χ1n) is 11.0. The Bertz CT molecular complexity index is 1210. The fraction of sp³-hybridized carbons (Fsp3) is 0.478. The number of carbonyl (C=O) groups is 1. The maximum atomic E-state index is 13.0. The van der Waals surface area contributed by atoms with Gasteiger partial charge in [-0.25, -0.2) is 14.8 Å². The van der Waals surface area contributed by atoms with Gasteiger partial charge in [0, 0.05) is 32.7 Å². The van der Waals surface area contributed by atoms with E-state index in [9.17, 15) is 9.59 Å². The second kappa shape index (κ2) is 8.63. The number of hydrogen-bond donors (Lipinski definition) is 0. The van der Waals surface area contributed by atoms with Crippen molar-refractivity contribution in [3.63, 3.8) is 0 Å². The first kappa shape index (κ1) is 21.1. The van der Waals surface area contributed by atoms with Gasteiger partial charge < -0.3 is 9.47 Å². The third-order valence-corrected chi connectivity index (χ3v) is 7.30. The summed E-state index contributed by atoms with van der Waals surface area (Å²) in [4.78, 5) is 37.8. The van der Waals surface area contributed by atoms with E-state index in [-0.39, 0.29) is 23.6 Å². The number of likely N-dealkylation sites (tertiary alicyclic amines) is 1. The van der Waals surface area contributed by atoms with Crippen molar-refractivity contribution in [3.8, 4) is 5.75 Å². The SMILES string of the molecule is Cc1cccc(OC(=O)N2CCCC2c2nc3c(=O)n(C)c(C4CCOCC4)nc3s2)c1. The molecule has 4 heterocycles. The number of amides is 1. The van der Waals surface area contributed by atoms with Crippen molar-refractivity contribution in [2.24, 2.45) is 7.05 Å². The fourth-order valence-electron chi connectivity index (χ4n) is 4.53. The molecular formula is C23H26N4O4S. The molecule has 1 amide bonds. The van der Waals surface area contributed by atoms with Crippen LogP contribution < -0.4 is 10.3 Å². The van der Waals surface area contributed by atoms with Crippen molar-refractivity contribution in [2.75, 3.05) is 19.8 Å². The number of aromatic nitrogens is 3. The second-order valence-corrected chi connectivity index (χ2v) is 9.47. The van der Waals surface area contributed by atoms with Crippen LogP contribution in [0.15, 0.2) is 29.1 Å². The van der Waals surface area contributed by atoms with Crippen molar-refractivity contribution in [3.05, 3.63) is 51.0 Å². The van der Waals surface area contributed by atoms with E-state index >= 15 is 0 Å². The Kier molecular flexibility index (Phi) is 5.69. The number of carbonyl (C=O) groups excluding carboxylic acids is 1. The van der Waals surface area contributed by atoms with Gasteiger partial charge in [0.2, 0.25) is 0 Å².